The molecule has 45 heavy (non-hydrogen) atoms. The van der Waals surface area contributed by atoms with Crippen molar-refractivity contribution in [2.24, 2.45) is 0 Å². The van der Waals surface area contributed by atoms with Gasteiger partial charge in [-0.1, -0.05) is 147 Å². The molecule has 2 atom stereocenters. The Morgan fingerprint density at radius 3 is 1.11 bits per heavy atom. The molecule has 1 aliphatic rings. The molecule has 1 heterocycles. The molecule has 3 aromatic rings. The molecule has 0 aromatic heterocycles. The van der Waals surface area contributed by atoms with Gasteiger partial charge in [-0.3, -0.25) is 0 Å². The summed E-state index contributed by atoms with van der Waals surface area (Å²) in [6, 6.07) is 17.4. The summed E-state index contributed by atoms with van der Waals surface area (Å²) in [5.74, 6) is 2.67. The number of hydrogen-bond donors (Lipinski definition) is 1. The summed E-state index contributed by atoms with van der Waals surface area (Å²) < 4.78 is 0. The van der Waals surface area contributed by atoms with Gasteiger partial charge in [-0.2, -0.15) is 0 Å². The number of hydrogen-bond acceptors (Lipinski definition) is 1. The monoisotopic (exact) mass is 626 g/mol. The van der Waals surface area contributed by atoms with Crippen LogP contribution in [-0.4, -0.2) is 22.5 Å². The highest BCUT2D eigenvalue weighted by molar-refractivity contribution is 7.67. The van der Waals surface area contributed by atoms with Gasteiger partial charge in [0.05, 0.1) is 6.10 Å². The van der Waals surface area contributed by atoms with Crippen molar-refractivity contribution in [1.29, 1.82) is 0 Å². The van der Waals surface area contributed by atoms with E-state index in [-0.39, 0.29) is 6.10 Å². The largest absolute Gasteiger partial charge is 0.393 e. The van der Waals surface area contributed by atoms with Gasteiger partial charge in [0.1, 0.15) is 0 Å². The maximum atomic E-state index is 10.9. The lowest BCUT2D eigenvalue weighted by atomic mass is 9.79. The normalized spacial score (nSPS) is 20.9. The van der Waals surface area contributed by atoms with E-state index in [1.807, 2.05) is 0 Å². The fourth-order valence-electron chi connectivity index (χ4n) is 7.74. The van der Waals surface area contributed by atoms with Crippen LogP contribution < -0.4 is 5.30 Å². The van der Waals surface area contributed by atoms with E-state index in [9.17, 15) is 5.11 Å². The lowest BCUT2D eigenvalue weighted by Gasteiger charge is -2.41. The summed E-state index contributed by atoms with van der Waals surface area (Å²) in [7, 11) is -0.532. The molecule has 1 N–H and O–H groups in total. The summed E-state index contributed by atoms with van der Waals surface area (Å²) in [6.07, 6.45) is 1.59. The predicted octanol–water partition coefficient (Wildman–Crippen LogP) is 12.8. The third-order valence-corrected chi connectivity index (χ3v) is 13.6. The van der Waals surface area contributed by atoms with Crippen LogP contribution in [0.4, 0.5) is 0 Å². The van der Waals surface area contributed by atoms with Crippen molar-refractivity contribution in [3.8, 4) is 22.3 Å². The molecular weight excluding hydrogens is 563 g/mol. The van der Waals surface area contributed by atoms with Crippen LogP contribution in [0.25, 0.3) is 22.3 Å². The highest BCUT2D eigenvalue weighted by atomic mass is 31.1. The summed E-state index contributed by atoms with van der Waals surface area (Å²) in [5, 5.41) is 12.5. The number of benzene rings is 3. The third-order valence-electron chi connectivity index (χ3n) is 10.3. The lowest BCUT2D eigenvalue weighted by Crippen LogP contribution is -2.33. The van der Waals surface area contributed by atoms with E-state index in [1.54, 1.807) is 5.30 Å². The SMILES string of the molecule is CC(C)c1cc(C(C)C)c(-c2cccc(-c3c(C(C)C)cc(C(C)C)cc3C(C)C)c2P2C(C)CC(O)CC2C)c(C(C)C)c1. The highest BCUT2D eigenvalue weighted by Gasteiger charge is 2.37. The molecule has 1 saturated heterocycles. The second-order valence-corrected chi connectivity index (χ2v) is 19.0. The van der Waals surface area contributed by atoms with Crippen molar-refractivity contribution >= 4 is 13.2 Å². The minimum atomic E-state index is -0.532. The maximum Gasteiger partial charge on any atom is 0.0552 e. The van der Waals surface area contributed by atoms with Crippen molar-refractivity contribution in [3.63, 3.8) is 0 Å². The van der Waals surface area contributed by atoms with Crippen LogP contribution in [0.15, 0.2) is 42.5 Å². The fourth-order valence-corrected chi connectivity index (χ4v) is 11.4. The van der Waals surface area contributed by atoms with E-state index in [2.05, 4.69) is 139 Å². The molecule has 246 valence electrons. The van der Waals surface area contributed by atoms with Gasteiger partial charge in [-0.15, -0.1) is 0 Å². The van der Waals surface area contributed by atoms with Gasteiger partial charge in [-0.25, -0.2) is 0 Å². The van der Waals surface area contributed by atoms with Crippen molar-refractivity contribution < 1.29 is 5.11 Å². The maximum absolute atomic E-state index is 10.9. The zero-order chi connectivity index (χ0) is 33.5. The molecule has 0 spiro atoms. The average Bonchev–Trinajstić information content (AvgIpc) is 2.95. The smallest absolute Gasteiger partial charge is 0.0552 e. The minimum absolute atomic E-state index is 0.199. The van der Waals surface area contributed by atoms with Crippen LogP contribution in [0.3, 0.4) is 0 Å². The summed E-state index contributed by atoms with van der Waals surface area (Å²) in [5.41, 5.74) is 15.6. The first-order valence-electron chi connectivity index (χ1n) is 18.0. The number of aliphatic hydroxyl groups is 1. The summed E-state index contributed by atoms with van der Waals surface area (Å²) in [4.78, 5) is 0. The van der Waals surface area contributed by atoms with Gasteiger partial charge in [0, 0.05) is 0 Å². The molecule has 0 bridgehead atoms. The van der Waals surface area contributed by atoms with Crippen LogP contribution in [0.2, 0.25) is 0 Å². The molecule has 3 aromatic carbocycles. The van der Waals surface area contributed by atoms with Crippen molar-refractivity contribution in [3.05, 3.63) is 75.8 Å². The molecule has 1 nitrogen and oxygen atoms in total. The Labute approximate surface area is 278 Å². The van der Waals surface area contributed by atoms with E-state index < -0.39 is 7.92 Å². The van der Waals surface area contributed by atoms with Crippen molar-refractivity contribution in [1.82, 2.24) is 0 Å². The Hall–Kier alpha value is -1.95. The van der Waals surface area contributed by atoms with Gasteiger partial charge in [0.15, 0.2) is 0 Å². The molecule has 1 aliphatic heterocycles. The Balaban J connectivity index is 2.24. The quantitative estimate of drug-likeness (QED) is 0.234. The van der Waals surface area contributed by atoms with Gasteiger partial charge in [-0.05, 0) is 121 Å². The number of rotatable bonds is 9. The van der Waals surface area contributed by atoms with E-state index in [0.29, 0.717) is 46.8 Å². The molecule has 0 aliphatic carbocycles. The molecule has 4 rings (SSSR count). The zero-order valence-electron chi connectivity index (χ0n) is 31.0. The number of aliphatic hydroxyl groups excluding tert-OH is 1. The summed E-state index contributed by atoms with van der Waals surface area (Å²) >= 11 is 0. The second-order valence-electron chi connectivity index (χ2n) is 16.0. The van der Waals surface area contributed by atoms with Crippen LogP contribution in [-0.2, 0) is 0 Å². The van der Waals surface area contributed by atoms with E-state index in [0.717, 1.165) is 12.8 Å². The van der Waals surface area contributed by atoms with E-state index in [4.69, 9.17) is 0 Å². The van der Waals surface area contributed by atoms with Crippen molar-refractivity contribution in [2.45, 2.75) is 163 Å². The summed E-state index contributed by atoms with van der Waals surface area (Å²) in [6.45, 7) is 33.2. The van der Waals surface area contributed by atoms with Crippen LogP contribution in [0, 0.1) is 0 Å². The van der Waals surface area contributed by atoms with Crippen LogP contribution >= 0.6 is 7.92 Å². The van der Waals surface area contributed by atoms with Gasteiger partial charge in [0.2, 0.25) is 0 Å². The molecule has 0 amide bonds. The van der Waals surface area contributed by atoms with Gasteiger partial charge in [0.25, 0.3) is 0 Å². The molecule has 2 unspecified atom stereocenters. The van der Waals surface area contributed by atoms with E-state index in [1.165, 1.54) is 55.6 Å². The molecule has 2 heteroatoms. The van der Waals surface area contributed by atoms with E-state index >= 15 is 0 Å². The zero-order valence-corrected chi connectivity index (χ0v) is 31.9. The topological polar surface area (TPSA) is 20.2 Å². The molecule has 0 radical (unpaired) electrons. The van der Waals surface area contributed by atoms with Gasteiger partial charge >= 0.3 is 0 Å². The van der Waals surface area contributed by atoms with Gasteiger partial charge < -0.3 is 5.11 Å². The standard InChI is InChI=1S/C43H63OP/c1-24(2)32-20-37(26(5)6)41(38(21-32)27(7)8)35-16-15-17-36(43(35)45-30(13)18-34(44)19-31(45)14)42-39(28(9)10)22-33(25(3)4)23-40(42)29(11)12/h15-17,20-31,34,44H,18-19H2,1-14H3. The average molecular weight is 627 g/mol. The molecule has 1 fully saturated rings. The van der Waals surface area contributed by atoms with Crippen molar-refractivity contribution in [2.75, 3.05) is 0 Å². The predicted molar refractivity (Wildman–Crippen MR) is 203 cm³/mol. The Kier molecular flexibility index (Phi) is 11.5. The Morgan fingerprint density at radius 1 is 0.533 bits per heavy atom. The lowest BCUT2D eigenvalue weighted by molar-refractivity contribution is 0.149. The third kappa shape index (κ3) is 7.31. The minimum Gasteiger partial charge on any atom is -0.393 e. The highest BCUT2D eigenvalue weighted by Crippen LogP contribution is 2.57. The first-order chi connectivity index (χ1) is 21.0. The first kappa shape index (κ1) is 35.9. The second kappa shape index (κ2) is 14.4. The fraction of sp³-hybridized carbons (Fsp3) is 0.581. The Morgan fingerprint density at radius 2 is 0.844 bits per heavy atom. The molecular formula is C43H63OP. The molecule has 0 saturated carbocycles. The van der Waals surface area contributed by atoms with Crippen LogP contribution in [0.1, 0.15) is 179 Å². The Bertz CT molecular complexity index is 1310. The first-order valence-corrected chi connectivity index (χ1v) is 19.5. The van der Waals surface area contributed by atoms with Crippen LogP contribution in [0.5, 0.6) is 0 Å².